The molecule has 2 N–H and O–H groups in total. The van der Waals surface area contributed by atoms with Gasteiger partial charge in [-0.15, -0.1) is 0 Å². The van der Waals surface area contributed by atoms with Crippen LogP contribution in [0.1, 0.15) is 45.6 Å². The number of hydrogen-bond acceptors (Lipinski definition) is 4. The summed E-state index contributed by atoms with van der Waals surface area (Å²) in [5.74, 6) is 2.01. The quantitative estimate of drug-likeness (QED) is 0.850. The highest BCUT2D eigenvalue weighted by atomic mass is 16.6. The third-order valence-electron chi connectivity index (χ3n) is 4.90. The number of methoxy groups -OCH3 is 1. The van der Waals surface area contributed by atoms with E-state index in [1.54, 1.807) is 18.2 Å². The van der Waals surface area contributed by atoms with Gasteiger partial charge in [0.05, 0.1) is 7.11 Å². The third-order valence-corrected chi connectivity index (χ3v) is 4.90. The van der Waals surface area contributed by atoms with Crippen LogP contribution >= 0.6 is 0 Å². The van der Waals surface area contributed by atoms with Crippen LogP contribution in [0.25, 0.3) is 0 Å². The summed E-state index contributed by atoms with van der Waals surface area (Å²) in [6.07, 6.45) is 2.86. The van der Waals surface area contributed by atoms with Gasteiger partial charge in [-0.25, -0.2) is 4.79 Å². The second-order valence-corrected chi connectivity index (χ2v) is 7.13. The van der Waals surface area contributed by atoms with Crippen LogP contribution in [-0.2, 0) is 11.3 Å². The van der Waals surface area contributed by atoms with Crippen molar-refractivity contribution in [3.05, 3.63) is 23.8 Å². The van der Waals surface area contributed by atoms with E-state index < -0.39 is 0 Å². The number of ether oxygens (including phenoxy) is 2. The molecule has 3 unspecified atom stereocenters. The summed E-state index contributed by atoms with van der Waals surface area (Å²) in [5.41, 5.74) is 0.846. The fourth-order valence-corrected chi connectivity index (χ4v) is 3.44. The van der Waals surface area contributed by atoms with Crippen molar-refractivity contribution in [3.8, 4) is 11.5 Å². The minimum Gasteiger partial charge on any atom is -0.504 e. The second-order valence-electron chi connectivity index (χ2n) is 7.13. The number of amides is 1. The Hall–Kier alpha value is -1.91. The van der Waals surface area contributed by atoms with Gasteiger partial charge in [0.15, 0.2) is 11.5 Å². The van der Waals surface area contributed by atoms with E-state index >= 15 is 0 Å². The normalized spacial score (nSPS) is 23.8. The summed E-state index contributed by atoms with van der Waals surface area (Å²) >= 11 is 0. The van der Waals surface area contributed by atoms with Crippen molar-refractivity contribution in [3.63, 3.8) is 0 Å². The Morgan fingerprint density at radius 2 is 2.12 bits per heavy atom. The third kappa shape index (κ3) is 4.79. The first-order chi connectivity index (χ1) is 11.4. The van der Waals surface area contributed by atoms with Gasteiger partial charge in [0.2, 0.25) is 0 Å². The van der Waals surface area contributed by atoms with Crippen molar-refractivity contribution >= 4 is 6.09 Å². The summed E-state index contributed by atoms with van der Waals surface area (Å²) in [6.45, 7) is 6.94. The molecule has 3 atom stereocenters. The largest absolute Gasteiger partial charge is 0.504 e. The molecule has 0 aromatic heterocycles. The van der Waals surface area contributed by atoms with E-state index in [2.05, 4.69) is 26.1 Å². The first-order valence-corrected chi connectivity index (χ1v) is 8.71. The maximum atomic E-state index is 12.2. The second kappa shape index (κ2) is 8.27. The highest BCUT2D eigenvalue weighted by Gasteiger charge is 2.33. The Kier molecular flexibility index (Phi) is 6.35. The van der Waals surface area contributed by atoms with Crippen LogP contribution in [0.3, 0.4) is 0 Å². The van der Waals surface area contributed by atoms with Crippen molar-refractivity contribution < 1.29 is 19.4 Å². The van der Waals surface area contributed by atoms with E-state index in [-0.39, 0.29) is 17.9 Å². The number of nitrogens with one attached hydrogen (secondary N) is 1. The number of phenolic OH excluding ortho intramolecular Hbond substituents is 1. The number of carbonyl (C=O) groups excluding carboxylic acids is 1. The van der Waals surface area contributed by atoms with Gasteiger partial charge in [0.25, 0.3) is 0 Å². The SMILES string of the molecule is COc1cc(CNC(=O)OC2CC(C)CCC2C(C)C)ccc1O. The van der Waals surface area contributed by atoms with Crippen molar-refractivity contribution in [1.82, 2.24) is 5.32 Å². The van der Waals surface area contributed by atoms with Crippen molar-refractivity contribution in [2.24, 2.45) is 17.8 Å². The van der Waals surface area contributed by atoms with Gasteiger partial charge in [-0.1, -0.05) is 33.3 Å². The van der Waals surface area contributed by atoms with Crippen LogP contribution in [-0.4, -0.2) is 24.4 Å². The summed E-state index contributed by atoms with van der Waals surface area (Å²) in [6, 6.07) is 5.01. The predicted octanol–water partition coefficient (Wildman–Crippen LogP) is 4.09. The predicted molar refractivity (Wildman–Crippen MR) is 93.1 cm³/mol. The lowest BCUT2D eigenvalue weighted by atomic mass is 9.75. The fraction of sp³-hybridized carbons (Fsp3) is 0.632. The molecule has 1 amide bonds. The molecule has 1 aromatic carbocycles. The molecule has 1 aromatic rings. The van der Waals surface area contributed by atoms with E-state index in [9.17, 15) is 9.90 Å². The van der Waals surface area contributed by atoms with Gasteiger partial charge >= 0.3 is 6.09 Å². The molecule has 1 saturated carbocycles. The minimum atomic E-state index is -0.383. The van der Waals surface area contributed by atoms with Gasteiger partial charge in [0, 0.05) is 6.54 Å². The van der Waals surface area contributed by atoms with E-state index in [4.69, 9.17) is 9.47 Å². The molecular weight excluding hydrogens is 306 g/mol. The molecule has 0 saturated heterocycles. The fourth-order valence-electron chi connectivity index (χ4n) is 3.44. The van der Waals surface area contributed by atoms with E-state index in [1.165, 1.54) is 13.5 Å². The van der Waals surface area contributed by atoms with Crippen LogP contribution in [0.2, 0.25) is 0 Å². The lowest BCUT2D eigenvalue weighted by molar-refractivity contribution is 0.00601. The molecule has 0 bridgehead atoms. The zero-order chi connectivity index (χ0) is 17.7. The van der Waals surface area contributed by atoms with Crippen LogP contribution < -0.4 is 10.1 Å². The first-order valence-electron chi connectivity index (χ1n) is 8.71. The average Bonchev–Trinajstić information content (AvgIpc) is 2.53. The van der Waals surface area contributed by atoms with Gasteiger partial charge in [-0.05, 0) is 48.3 Å². The first kappa shape index (κ1) is 18.4. The smallest absolute Gasteiger partial charge is 0.407 e. The van der Waals surface area contributed by atoms with Crippen molar-refractivity contribution in [2.75, 3.05) is 7.11 Å². The Bertz CT molecular complexity index is 558. The number of aromatic hydroxyl groups is 1. The number of phenols is 1. The topological polar surface area (TPSA) is 67.8 Å². The molecule has 134 valence electrons. The molecule has 5 heteroatoms. The maximum absolute atomic E-state index is 12.2. The highest BCUT2D eigenvalue weighted by Crippen LogP contribution is 2.35. The zero-order valence-electron chi connectivity index (χ0n) is 15.0. The van der Waals surface area contributed by atoms with E-state index in [0.717, 1.165) is 18.4 Å². The Balaban J connectivity index is 1.90. The molecule has 1 aliphatic carbocycles. The van der Waals surface area contributed by atoms with E-state index in [0.29, 0.717) is 30.0 Å². The van der Waals surface area contributed by atoms with Crippen molar-refractivity contribution in [2.45, 2.75) is 52.7 Å². The minimum absolute atomic E-state index is 0.0110. The molecular formula is C19H29NO4. The molecule has 2 rings (SSSR count). The summed E-state index contributed by atoms with van der Waals surface area (Å²) in [4.78, 5) is 12.2. The summed E-state index contributed by atoms with van der Waals surface area (Å²) in [7, 11) is 1.50. The van der Waals surface area contributed by atoms with Crippen molar-refractivity contribution in [1.29, 1.82) is 0 Å². The Morgan fingerprint density at radius 1 is 1.38 bits per heavy atom. The van der Waals surface area contributed by atoms with Crippen LogP contribution in [0.4, 0.5) is 4.79 Å². The van der Waals surface area contributed by atoms with Crippen LogP contribution in [0.5, 0.6) is 11.5 Å². The lowest BCUT2D eigenvalue weighted by Gasteiger charge is -2.36. The summed E-state index contributed by atoms with van der Waals surface area (Å²) in [5, 5.41) is 12.4. The Labute approximate surface area is 144 Å². The number of rotatable bonds is 5. The van der Waals surface area contributed by atoms with Crippen LogP contribution in [0.15, 0.2) is 18.2 Å². The summed E-state index contributed by atoms with van der Waals surface area (Å²) < 4.78 is 10.8. The number of carbonyl (C=O) groups is 1. The lowest BCUT2D eigenvalue weighted by Crippen LogP contribution is -2.38. The monoisotopic (exact) mass is 335 g/mol. The maximum Gasteiger partial charge on any atom is 0.407 e. The molecule has 5 nitrogen and oxygen atoms in total. The molecule has 0 spiro atoms. The van der Waals surface area contributed by atoms with Gasteiger partial charge in [0.1, 0.15) is 6.10 Å². The molecule has 1 fully saturated rings. The van der Waals surface area contributed by atoms with Crippen LogP contribution in [0, 0.1) is 17.8 Å². The van der Waals surface area contributed by atoms with Gasteiger partial charge in [-0.3, -0.25) is 0 Å². The van der Waals surface area contributed by atoms with E-state index in [1.807, 2.05) is 0 Å². The van der Waals surface area contributed by atoms with Gasteiger partial charge < -0.3 is 19.9 Å². The number of benzene rings is 1. The molecule has 0 heterocycles. The number of hydrogen-bond donors (Lipinski definition) is 2. The van der Waals surface area contributed by atoms with Gasteiger partial charge in [-0.2, -0.15) is 0 Å². The molecule has 24 heavy (non-hydrogen) atoms. The zero-order valence-corrected chi connectivity index (χ0v) is 15.0. The average molecular weight is 335 g/mol. The Morgan fingerprint density at radius 3 is 2.79 bits per heavy atom. The standard InChI is InChI=1S/C19H29NO4/c1-12(2)15-7-5-13(3)9-17(15)24-19(22)20-11-14-6-8-16(21)18(10-14)23-4/h6,8,10,12-13,15,17,21H,5,7,9,11H2,1-4H3,(H,20,22). The number of alkyl carbamates (subject to hydrolysis) is 1. The highest BCUT2D eigenvalue weighted by molar-refractivity contribution is 5.67. The molecule has 0 aliphatic heterocycles. The molecule has 1 aliphatic rings. The molecule has 0 radical (unpaired) electrons.